The minimum absolute atomic E-state index is 1.14. The molecule has 2 heterocycles. The van der Waals surface area contributed by atoms with Crippen LogP contribution in [0.2, 0.25) is 0 Å². The van der Waals surface area contributed by atoms with Crippen LogP contribution in [0, 0.1) is 0 Å². The van der Waals surface area contributed by atoms with Crippen molar-refractivity contribution in [2.75, 3.05) is 0 Å². The third-order valence-corrected chi connectivity index (χ3v) is 11.0. The topological polar surface area (TPSA) is 17.8 Å². The monoisotopic (exact) mass is 672 g/mol. The van der Waals surface area contributed by atoms with E-state index in [0.717, 1.165) is 16.6 Å². The summed E-state index contributed by atoms with van der Waals surface area (Å²) in [5.41, 5.74) is 10.9. The Labute approximate surface area is 306 Å². The molecule has 0 aliphatic carbocycles. The summed E-state index contributed by atoms with van der Waals surface area (Å²) in [6.45, 7) is 0. The maximum atomic E-state index is 4.53. The van der Waals surface area contributed by atoms with Crippen molar-refractivity contribution in [2.45, 2.75) is 0 Å². The van der Waals surface area contributed by atoms with Gasteiger partial charge in [-0.25, -0.2) is 0 Å². The van der Waals surface area contributed by atoms with Crippen LogP contribution in [0.4, 0.5) is 0 Å². The van der Waals surface area contributed by atoms with E-state index in [4.69, 9.17) is 0 Å². The molecule has 0 spiro atoms. The second kappa shape index (κ2) is 11.8. The van der Waals surface area contributed by atoms with E-state index in [-0.39, 0.29) is 0 Å². The number of fused-ring (bicyclic) bond motifs is 7. The van der Waals surface area contributed by atoms with Crippen molar-refractivity contribution in [3.8, 4) is 39.1 Å². The van der Waals surface area contributed by atoms with Crippen molar-refractivity contribution in [1.82, 2.24) is 9.55 Å². The smallest absolute Gasteiger partial charge is 0.0571 e. The zero-order chi connectivity index (χ0) is 34.9. The van der Waals surface area contributed by atoms with Crippen LogP contribution >= 0.6 is 0 Å². The van der Waals surface area contributed by atoms with Crippen LogP contribution in [0.1, 0.15) is 0 Å². The standard InChI is InChI=1S/C51H32N2/c1-2-10-33(11-3-1)38-23-25-48-46(31-38)47-32-52-27-26-49(47)53(48)41-24-22-36-29-40(21-19-37(36)30-41)51-44-16-8-6-14-42(44)50(43-15-7-9-17-45(43)51)39-20-18-34-12-4-5-13-35(34)28-39/h1-32H. The Kier molecular flexibility index (Phi) is 6.59. The summed E-state index contributed by atoms with van der Waals surface area (Å²) in [5.74, 6) is 0. The van der Waals surface area contributed by atoms with Gasteiger partial charge in [0, 0.05) is 28.9 Å². The number of aromatic nitrogens is 2. The van der Waals surface area contributed by atoms with Crippen LogP contribution in [-0.4, -0.2) is 9.55 Å². The molecule has 246 valence electrons. The molecule has 0 N–H and O–H groups in total. The van der Waals surface area contributed by atoms with Gasteiger partial charge in [0.05, 0.1) is 11.0 Å². The SMILES string of the molecule is c1ccc(-c2ccc3c(c2)c2cnccc2n3-c2ccc3cc(-c4c5ccccc5c(-c5ccc6ccccc6c5)c5ccccc45)ccc3c2)cc1. The number of nitrogens with zero attached hydrogens (tertiary/aromatic N) is 2. The molecule has 0 radical (unpaired) electrons. The van der Waals surface area contributed by atoms with Gasteiger partial charge in [0.2, 0.25) is 0 Å². The molecule has 0 fully saturated rings. The van der Waals surface area contributed by atoms with Crippen molar-refractivity contribution in [1.29, 1.82) is 0 Å². The van der Waals surface area contributed by atoms with E-state index in [9.17, 15) is 0 Å². The third kappa shape index (κ3) is 4.70. The van der Waals surface area contributed by atoms with Crippen molar-refractivity contribution >= 4 is 64.9 Å². The van der Waals surface area contributed by atoms with Gasteiger partial charge in [0.25, 0.3) is 0 Å². The molecular formula is C51H32N2. The summed E-state index contributed by atoms with van der Waals surface area (Å²) in [5, 5.41) is 12.4. The molecule has 9 aromatic carbocycles. The predicted octanol–water partition coefficient (Wildman–Crippen LogP) is 13.8. The third-order valence-electron chi connectivity index (χ3n) is 11.0. The zero-order valence-electron chi connectivity index (χ0n) is 28.9. The fourth-order valence-electron chi connectivity index (χ4n) is 8.58. The van der Waals surface area contributed by atoms with Gasteiger partial charge in [-0.1, -0.05) is 140 Å². The highest BCUT2D eigenvalue weighted by atomic mass is 15.0. The van der Waals surface area contributed by atoms with Gasteiger partial charge in [0.1, 0.15) is 0 Å². The summed E-state index contributed by atoms with van der Waals surface area (Å²) >= 11 is 0. The molecule has 0 unspecified atom stereocenters. The van der Waals surface area contributed by atoms with Gasteiger partial charge in [-0.05, 0) is 119 Å². The quantitative estimate of drug-likeness (QED) is 0.170. The first kappa shape index (κ1) is 29.7. The average molecular weight is 673 g/mol. The lowest BCUT2D eigenvalue weighted by atomic mass is 9.85. The summed E-state index contributed by atoms with van der Waals surface area (Å²) < 4.78 is 2.38. The Balaban J connectivity index is 1.08. The number of benzene rings is 9. The van der Waals surface area contributed by atoms with Crippen LogP contribution in [0.15, 0.2) is 194 Å². The Hall–Kier alpha value is -7.03. The highest BCUT2D eigenvalue weighted by Crippen LogP contribution is 2.45. The summed E-state index contributed by atoms with van der Waals surface area (Å²) in [7, 11) is 0. The largest absolute Gasteiger partial charge is 0.309 e. The first-order valence-corrected chi connectivity index (χ1v) is 18.2. The van der Waals surface area contributed by atoms with Crippen LogP contribution < -0.4 is 0 Å². The van der Waals surface area contributed by atoms with Crippen LogP contribution in [0.3, 0.4) is 0 Å². The van der Waals surface area contributed by atoms with E-state index in [0.29, 0.717) is 0 Å². The Morgan fingerprint density at radius 3 is 1.55 bits per heavy atom. The first-order valence-electron chi connectivity index (χ1n) is 18.2. The second-order valence-electron chi connectivity index (χ2n) is 14.0. The Morgan fingerprint density at radius 1 is 0.321 bits per heavy atom. The summed E-state index contributed by atoms with van der Waals surface area (Å²) in [6.07, 6.45) is 3.89. The molecule has 11 aromatic rings. The fourth-order valence-corrected chi connectivity index (χ4v) is 8.58. The van der Waals surface area contributed by atoms with Crippen LogP contribution in [-0.2, 0) is 0 Å². The number of hydrogen-bond donors (Lipinski definition) is 0. The van der Waals surface area contributed by atoms with Gasteiger partial charge < -0.3 is 4.57 Å². The lowest BCUT2D eigenvalue weighted by Gasteiger charge is -2.18. The van der Waals surface area contributed by atoms with Gasteiger partial charge in [-0.2, -0.15) is 0 Å². The molecule has 0 saturated heterocycles. The van der Waals surface area contributed by atoms with Crippen LogP contribution in [0.5, 0.6) is 0 Å². The average Bonchev–Trinajstić information content (AvgIpc) is 3.56. The number of hydrogen-bond acceptors (Lipinski definition) is 1. The lowest BCUT2D eigenvalue weighted by Crippen LogP contribution is -1.94. The van der Waals surface area contributed by atoms with Gasteiger partial charge >= 0.3 is 0 Å². The van der Waals surface area contributed by atoms with E-state index < -0.39 is 0 Å². The molecule has 53 heavy (non-hydrogen) atoms. The molecule has 0 aliphatic heterocycles. The molecule has 0 amide bonds. The maximum Gasteiger partial charge on any atom is 0.0571 e. The molecule has 2 aromatic heterocycles. The van der Waals surface area contributed by atoms with Gasteiger partial charge in [-0.3, -0.25) is 4.98 Å². The number of pyridine rings is 1. The van der Waals surface area contributed by atoms with Gasteiger partial charge in [-0.15, -0.1) is 0 Å². The Morgan fingerprint density at radius 2 is 0.849 bits per heavy atom. The molecule has 0 saturated carbocycles. The summed E-state index contributed by atoms with van der Waals surface area (Å²) in [4.78, 5) is 4.53. The summed E-state index contributed by atoms with van der Waals surface area (Å²) in [6, 6.07) is 66.6. The Bertz CT molecular complexity index is 3170. The van der Waals surface area contributed by atoms with Crippen molar-refractivity contribution < 1.29 is 0 Å². The molecular weight excluding hydrogens is 641 g/mol. The second-order valence-corrected chi connectivity index (χ2v) is 14.0. The fraction of sp³-hybridized carbons (Fsp3) is 0. The van der Waals surface area contributed by atoms with Crippen molar-refractivity contribution in [2.24, 2.45) is 0 Å². The van der Waals surface area contributed by atoms with E-state index in [2.05, 4.69) is 192 Å². The van der Waals surface area contributed by atoms with E-state index >= 15 is 0 Å². The molecule has 0 aliphatic rings. The van der Waals surface area contributed by atoms with Gasteiger partial charge in [0.15, 0.2) is 0 Å². The predicted molar refractivity (Wildman–Crippen MR) is 225 cm³/mol. The minimum Gasteiger partial charge on any atom is -0.309 e. The van der Waals surface area contributed by atoms with Crippen LogP contribution in [0.25, 0.3) is 104 Å². The van der Waals surface area contributed by atoms with E-state index in [1.54, 1.807) is 0 Å². The van der Waals surface area contributed by atoms with E-state index in [1.807, 2.05) is 12.4 Å². The highest BCUT2D eigenvalue weighted by molar-refractivity contribution is 6.22. The molecule has 2 heteroatoms. The maximum absolute atomic E-state index is 4.53. The first-order chi connectivity index (χ1) is 26.3. The molecule has 11 rings (SSSR count). The zero-order valence-corrected chi connectivity index (χ0v) is 28.9. The molecule has 0 bridgehead atoms. The molecule has 2 nitrogen and oxygen atoms in total. The number of rotatable bonds is 4. The van der Waals surface area contributed by atoms with E-state index in [1.165, 1.54) is 87.4 Å². The van der Waals surface area contributed by atoms with Crippen molar-refractivity contribution in [3.05, 3.63) is 194 Å². The highest BCUT2D eigenvalue weighted by Gasteiger charge is 2.18. The normalized spacial score (nSPS) is 11.8. The minimum atomic E-state index is 1.14. The molecule has 0 atom stereocenters. The lowest BCUT2D eigenvalue weighted by molar-refractivity contribution is 1.18. The van der Waals surface area contributed by atoms with Crippen molar-refractivity contribution in [3.63, 3.8) is 0 Å².